The molecule has 4 nitrogen and oxygen atoms in total. The first-order chi connectivity index (χ1) is 8.46. The van der Waals surface area contributed by atoms with Crippen molar-refractivity contribution in [1.29, 1.82) is 0 Å². The third-order valence-corrected chi connectivity index (χ3v) is 4.55. The van der Waals surface area contributed by atoms with E-state index < -0.39 is 5.54 Å². The molecule has 0 spiro atoms. The molecule has 4 heteroatoms. The van der Waals surface area contributed by atoms with Crippen molar-refractivity contribution in [2.75, 3.05) is 6.54 Å². The molecule has 18 heavy (non-hydrogen) atoms. The summed E-state index contributed by atoms with van der Waals surface area (Å²) < 4.78 is 0. The van der Waals surface area contributed by atoms with Gasteiger partial charge in [0.1, 0.15) is 5.54 Å². The number of nitrogens with one attached hydrogen (secondary N) is 1. The van der Waals surface area contributed by atoms with Crippen LogP contribution in [0.5, 0.6) is 0 Å². The van der Waals surface area contributed by atoms with Crippen LogP contribution >= 0.6 is 0 Å². The molecule has 1 aliphatic carbocycles. The van der Waals surface area contributed by atoms with Crippen molar-refractivity contribution in [3.8, 4) is 0 Å². The van der Waals surface area contributed by atoms with Gasteiger partial charge in [-0.25, -0.2) is 0 Å². The largest absolute Gasteiger partial charge is 0.342 e. The van der Waals surface area contributed by atoms with Gasteiger partial charge in [0.05, 0.1) is 0 Å². The van der Waals surface area contributed by atoms with Crippen LogP contribution < -0.4 is 5.32 Å². The quantitative estimate of drug-likeness (QED) is 0.831. The summed E-state index contributed by atoms with van der Waals surface area (Å²) in [6.45, 7) is 6.61. The summed E-state index contributed by atoms with van der Waals surface area (Å²) in [5.41, 5.74) is -0.717. The van der Waals surface area contributed by atoms with Crippen molar-refractivity contribution in [3.63, 3.8) is 0 Å². The third kappa shape index (κ3) is 2.38. The Labute approximate surface area is 109 Å². The van der Waals surface area contributed by atoms with Gasteiger partial charge in [-0.3, -0.25) is 9.59 Å². The smallest absolute Gasteiger partial charge is 0.248 e. The summed E-state index contributed by atoms with van der Waals surface area (Å²) in [5.74, 6) is 0.734. The van der Waals surface area contributed by atoms with Gasteiger partial charge in [-0.2, -0.15) is 0 Å². The Morgan fingerprint density at radius 3 is 2.56 bits per heavy atom. The number of hydrogen-bond acceptors (Lipinski definition) is 2. The first-order valence-corrected chi connectivity index (χ1v) is 7.08. The van der Waals surface area contributed by atoms with Crippen molar-refractivity contribution in [1.82, 2.24) is 10.2 Å². The highest BCUT2D eigenvalue weighted by atomic mass is 16.2. The Morgan fingerprint density at radius 2 is 2.06 bits per heavy atom. The van der Waals surface area contributed by atoms with E-state index in [0.717, 1.165) is 6.54 Å². The fraction of sp³-hybridized carbons (Fsp3) is 0.857. The van der Waals surface area contributed by atoms with E-state index in [-0.39, 0.29) is 17.9 Å². The van der Waals surface area contributed by atoms with Crippen LogP contribution in [0.15, 0.2) is 0 Å². The van der Waals surface area contributed by atoms with Gasteiger partial charge in [0, 0.05) is 19.0 Å². The van der Waals surface area contributed by atoms with Crippen molar-refractivity contribution in [2.24, 2.45) is 5.92 Å². The number of rotatable bonds is 3. The topological polar surface area (TPSA) is 49.4 Å². The van der Waals surface area contributed by atoms with Gasteiger partial charge in [0.25, 0.3) is 0 Å². The van der Waals surface area contributed by atoms with E-state index in [1.807, 2.05) is 25.7 Å². The first kappa shape index (κ1) is 13.4. The molecule has 0 aromatic rings. The molecule has 2 aliphatic rings. The normalized spacial score (nSPS) is 33.9. The van der Waals surface area contributed by atoms with E-state index >= 15 is 0 Å². The summed E-state index contributed by atoms with van der Waals surface area (Å²) >= 11 is 0. The number of carbonyl (C=O) groups excluding carboxylic acids is 2. The Bertz CT molecular complexity index is 352. The molecule has 2 unspecified atom stereocenters. The molecule has 1 aliphatic heterocycles. The van der Waals surface area contributed by atoms with Gasteiger partial charge in [-0.15, -0.1) is 0 Å². The zero-order valence-electron chi connectivity index (χ0n) is 11.7. The lowest BCUT2D eigenvalue weighted by atomic mass is 9.84. The molecule has 1 saturated carbocycles. The van der Waals surface area contributed by atoms with E-state index in [2.05, 4.69) is 5.32 Å². The summed E-state index contributed by atoms with van der Waals surface area (Å²) in [4.78, 5) is 26.4. The molecule has 0 bridgehead atoms. The van der Waals surface area contributed by atoms with Crippen LogP contribution in [0, 0.1) is 5.92 Å². The summed E-state index contributed by atoms with van der Waals surface area (Å²) in [6.07, 6.45) is 4.80. The number of carbonyl (C=O) groups is 2. The van der Waals surface area contributed by atoms with Crippen molar-refractivity contribution in [2.45, 2.75) is 64.5 Å². The zero-order chi connectivity index (χ0) is 13.3. The maximum Gasteiger partial charge on any atom is 0.248 e. The highest BCUT2D eigenvalue weighted by Crippen LogP contribution is 2.30. The minimum absolute atomic E-state index is 0.00342. The maximum atomic E-state index is 12.6. The van der Waals surface area contributed by atoms with E-state index in [9.17, 15) is 9.59 Å². The van der Waals surface area contributed by atoms with Crippen LogP contribution in [0.3, 0.4) is 0 Å². The van der Waals surface area contributed by atoms with Crippen molar-refractivity contribution < 1.29 is 9.59 Å². The average molecular weight is 252 g/mol. The Hall–Kier alpha value is -1.06. The first-order valence-electron chi connectivity index (χ1n) is 7.08. The molecule has 2 atom stereocenters. The van der Waals surface area contributed by atoms with Crippen molar-refractivity contribution in [3.05, 3.63) is 0 Å². The van der Waals surface area contributed by atoms with Gasteiger partial charge in [0.2, 0.25) is 11.8 Å². The molecular weight excluding hydrogens is 228 g/mol. The molecule has 0 radical (unpaired) electrons. The summed E-state index contributed by atoms with van der Waals surface area (Å²) in [5, 5.41) is 2.89. The number of hydrogen-bond donors (Lipinski definition) is 1. The minimum Gasteiger partial charge on any atom is -0.342 e. The lowest BCUT2D eigenvalue weighted by molar-refractivity contribution is -0.140. The Balaban J connectivity index is 2.18. The van der Waals surface area contributed by atoms with Crippen LogP contribution in [0.2, 0.25) is 0 Å². The molecule has 2 amide bonds. The maximum absolute atomic E-state index is 12.6. The van der Waals surface area contributed by atoms with Crippen LogP contribution in [0.25, 0.3) is 0 Å². The van der Waals surface area contributed by atoms with Gasteiger partial charge >= 0.3 is 0 Å². The number of nitrogens with zero attached hydrogens (tertiary/aromatic N) is 1. The SMILES string of the molecule is CCC1(C)NC(=O)CC(C)N(CC2CCC2)C1=O. The Morgan fingerprint density at radius 1 is 1.39 bits per heavy atom. The predicted octanol–water partition coefficient (Wildman–Crippen LogP) is 1.69. The monoisotopic (exact) mass is 252 g/mol. The molecule has 2 rings (SSSR count). The molecule has 2 fully saturated rings. The minimum atomic E-state index is -0.717. The van der Waals surface area contributed by atoms with E-state index in [1.165, 1.54) is 19.3 Å². The lowest BCUT2D eigenvalue weighted by Gasteiger charge is -2.38. The molecule has 0 aromatic carbocycles. The molecule has 1 heterocycles. The highest BCUT2D eigenvalue weighted by Gasteiger charge is 2.42. The molecule has 102 valence electrons. The van der Waals surface area contributed by atoms with Gasteiger partial charge in [-0.1, -0.05) is 13.3 Å². The van der Waals surface area contributed by atoms with Crippen LogP contribution in [0.1, 0.15) is 52.9 Å². The summed E-state index contributed by atoms with van der Waals surface area (Å²) in [6, 6.07) is 0.0199. The second kappa shape index (κ2) is 4.90. The molecule has 0 aromatic heterocycles. The second-order valence-electron chi connectivity index (χ2n) is 6.04. The molecular formula is C14H24N2O2. The standard InChI is InChI=1S/C14H24N2O2/c1-4-14(3)13(18)16(9-11-6-5-7-11)10(2)8-12(17)15-14/h10-11H,4-9H2,1-3H3,(H,15,17). The van der Waals surface area contributed by atoms with E-state index in [1.54, 1.807) is 0 Å². The second-order valence-corrected chi connectivity index (χ2v) is 6.04. The van der Waals surface area contributed by atoms with Crippen LogP contribution in [-0.2, 0) is 9.59 Å². The molecule has 1 saturated heterocycles. The van der Waals surface area contributed by atoms with Gasteiger partial charge in [0.15, 0.2) is 0 Å². The highest BCUT2D eigenvalue weighted by molar-refractivity contribution is 5.93. The molecule has 1 N–H and O–H groups in total. The summed E-state index contributed by atoms with van der Waals surface area (Å²) in [7, 11) is 0. The van der Waals surface area contributed by atoms with Crippen LogP contribution in [0.4, 0.5) is 0 Å². The zero-order valence-corrected chi connectivity index (χ0v) is 11.7. The van der Waals surface area contributed by atoms with Crippen LogP contribution in [-0.4, -0.2) is 34.8 Å². The predicted molar refractivity (Wildman–Crippen MR) is 70.0 cm³/mol. The van der Waals surface area contributed by atoms with Crippen molar-refractivity contribution >= 4 is 11.8 Å². The van der Waals surface area contributed by atoms with Gasteiger partial charge < -0.3 is 10.2 Å². The average Bonchev–Trinajstić information content (AvgIpc) is 2.32. The fourth-order valence-corrected chi connectivity index (χ4v) is 2.76. The van der Waals surface area contributed by atoms with Gasteiger partial charge in [-0.05, 0) is 39.0 Å². The van der Waals surface area contributed by atoms with E-state index in [0.29, 0.717) is 18.8 Å². The fourth-order valence-electron chi connectivity index (χ4n) is 2.76. The van der Waals surface area contributed by atoms with E-state index in [4.69, 9.17) is 0 Å². The Kier molecular flexibility index (Phi) is 3.64. The lowest BCUT2D eigenvalue weighted by Crippen LogP contribution is -2.56. The third-order valence-electron chi connectivity index (χ3n) is 4.55. The number of amides is 2.